The fourth-order valence-corrected chi connectivity index (χ4v) is 3.35. The van der Waals surface area contributed by atoms with E-state index in [0.717, 1.165) is 30.7 Å². The third-order valence-corrected chi connectivity index (χ3v) is 4.80. The van der Waals surface area contributed by atoms with Gasteiger partial charge in [0.1, 0.15) is 5.01 Å². The van der Waals surface area contributed by atoms with Crippen LogP contribution in [0.4, 0.5) is 0 Å². The van der Waals surface area contributed by atoms with Crippen LogP contribution in [-0.4, -0.2) is 17.4 Å². The van der Waals surface area contributed by atoms with E-state index in [1.54, 1.807) is 11.3 Å². The Morgan fingerprint density at radius 2 is 2.44 bits per heavy atom. The number of carbonyl (C=O) groups excluding carboxylic acids is 1. The molecule has 1 fully saturated rings. The van der Waals surface area contributed by atoms with Gasteiger partial charge in [-0.3, -0.25) is 4.79 Å². The summed E-state index contributed by atoms with van der Waals surface area (Å²) in [6.45, 7) is 3.28. The minimum atomic E-state index is 0.112. The Morgan fingerprint density at radius 3 is 3.11 bits per heavy atom. The van der Waals surface area contributed by atoms with E-state index >= 15 is 0 Å². The molecule has 0 aliphatic heterocycles. The lowest BCUT2D eigenvalue weighted by molar-refractivity contribution is -0.126. The Balaban J connectivity index is 1.84. The second kappa shape index (κ2) is 6.29. The second-order valence-electron chi connectivity index (χ2n) is 4.82. The monoisotopic (exact) mass is 267 g/mol. The largest absolute Gasteiger partial charge is 0.349 e. The summed E-state index contributed by atoms with van der Waals surface area (Å²) in [6, 6.07) is 0. The molecule has 3 N–H and O–H groups in total. The normalized spacial score (nSPS) is 23.2. The summed E-state index contributed by atoms with van der Waals surface area (Å²) in [7, 11) is 0. The number of nitrogens with two attached hydrogens (primary N) is 1. The standard InChI is InChI=1S/C13H21N3OS/c1-2-10-7-15-12(18-10)8-16-13(17)11-5-3-4-9(11)6-14/h7,9,11H,2-6,8,14H2,1H3,(H,16,17)/t9-,11-/m1/s1. The van der Waals surface area contributed by atoms with Crippen molar-refractivity contribution in [1.82, 2.24) is 10.3 Å². The van der Waals surface area contributed by atoms with Gasteiger partial charge in [0.15, 0.2) is 0 Å². The fraction of sp³-hybridized carbons (Fsp3) is 0.692. The number of aryl methyl sites for hydroxylation is 1. The number of thiazole rings is 1. The van der Waals surface area contributed by atoms with Crippen molar-refractivity contribution in [1.29, 1.82) is 0 Å². The summed E-state index contributed by atoms with van der Waals surface area (Å²) in [4.78, 5) is 17.6. The number of hydrogen-bond donors (Lipinski definition) is 2. The van der Waals surface area contributed by atoms with Gasteiger partial charge in [0.25, 0.3) is 0 Å². The van der Waals surface area contributed by atoms with E-state index in [0.29, 0.717) is 19.0 Å². The molecule has 1 aromatic heterocycles. The minimum absolute atomic E-state index is 0.112. The lowest BCUT2D eigenvalue weighted by Crippen LogP contribution is -2.34. The van der Waals surface area contributed by atoms with Gasteiger partial charge in [-0.25, -0.2) is 4.98 Å². The van der Waals surface area contributed by atoms with Crippen LogP contribution in [0, 0.1) is 11.8 Å². The maximum atomic E-state index is 12.1. The first-order valence-corrected chi connectivity index (χ1v) is 7.47. The van der Waals surface area contributed by atoms with Gasteiger partial charge in [0.05, 0.1) is 6.54 Å². The molecule has 100 valence electrons. The van der Waals surface area contributed by atoms with Crippen molar-refractivity contribution in [2.75, 3.05) is 6.54 Å². The van der Waals surface area contributed by atoms with Gasteiger partial charge in [-0.1, -0.05) is 13.3 Å². The SMILES string of the molecule is CCc1cnc(CNC(=O)[C@@H]2CCC[C@@H]2CN)s1. The van der Waals surface area contributed by atoms with E-state index in [1.165, 1.54) is 4.88 Å². The summed E-state index contributed by atoms with van der Waals surface area (Å²) in [6.07, 6.45) is 6.09. The van der Waals surface area contributed by atoms with Crippen LogP contribution in [0.15, 0.2) is 6.20 Å². The van der Waals surface area contributed by atoms with Crippen LogP contribution >= 0.6 is 11.3 Å². The van der Waals surface area contributed by atoms with Crippen LogP contribution in [0.5, 0.6) is 0 Å². The molecule has 1 heterocycles. The van der Waals surface area contributed by atoms with Crippen molar-refractivity contribution in [3.8, 4) is 0 Å². The quantitative estimate of drug-likeness (QED) is 0.853. The highest BCUT2D eigenvalue weighted by atomic mass is 32.1. The Hall–Kier alpha value is -0.940. The Bertz CT molecular complexity index is 405. The topological polar surface area (TPSA) is 68.0 Å². The van der Waals surface area contributed by atoms with E-state index in [2.05, 4.69) is 17.2 Å². The van der Waals surface area contributed by atoms with Gasteiger partial charge < -0.3 is 11.1 Å². The number of nitrogens with zero attached hydrogens (tertiary/aromatic N) is 1. The smallest absolute Gasteiger partial charge is 0.223 e. The van der Waals surface area contributed by atoms with Crippen LogP contribution in [0.3, 0.4) is 0 Å². The zero-order valence-corrected chi connectivity index (χ0v) is 11.6. The predicted octanol–water partition coefficient (Wildman–Crippen LogP) is 1.70. The number of nitrogens with one attached hydrogen (secondary N) is 1. The first-order valence-electron chi connectivity index (χ1n) is 6.66. The molecule has 0 saturated heterocycles. The van der Waals surface area contributed by atoms with E-state index in [1.807, 2.05) is 6.20 Å². The molecule has 0 radical (unpaired) electrons. The van der Waals surface area contributed by atoms with E-state index in [9.17, 15) is 4.79 Å². The van der Waals surface area contributed by atoms with E-state index in [4.69, 9.17) is 5.73 Å². The van der Waals surface area contributed by atoms with Crippen molar-refractivity contribution >= 4 is 17.2 Å². The summed E-state index contributed by atoms with van der Waals surface area (Å²) >= 11 is 1.67. The maximum Gasteiger partial charge on any atom is 0.223 e. The first-order chi connectivity index (χ1) is 8.74. The molecule has 0 spiro atoms. The first kappa shape index (κ1) is 13.5. The van der Waals surface area contributed by atoms with Crippen LogP contribution in [0.2, 0.25) is 0 Å². The average Bonchev–Trinajstić information content (AvgIpc) is 3.04. The zero-order chi connectivity index (χ0) is 13.0. The Kier molecular flexibility index (Phi) is 4.72. The number of amides is 1. The third-order valence-electron chi connectivity index (χ3n) is 3.66. The van der Waals surface area contributed by atoms with Gasteiger partial charge >= 0.3 is 0 Å². The third kappa shape index (κ3) is 3.09. The fourth-order valence-electron chi connectivity index (χ4n) is 2.55. The number of hydrogen-bond acceptors (Lipinski definition) is 4. The highest BCUT2D eigenvalue weighted by Crippen LogP contribution is 2.31. The summed E-state index contributed by atoms with van der Waals surface area (Å²) in [5.74, 6) is 0.629. The van der Waals surface area contributed by atoms with Crippen LogP contribution in [-0.2, 0) is 17.8 Å². The maximum absolute atomic E-state index is 12.1. The number of aromatic nitrogens is 1. The van der Waals surface area contributed by atoms with Crippen molar-refractivity contribution in [3.63, 3.8) is 0 Å². The van der Waals surface area contributed by atoms with Crippen molar-refractivity contribution in [3.05, 3.63) is 16.1 Å². The van der Waals surface area contributed by atoms with Crippen LogP contribution in [0.1, 0.15) is 36.1 Å². The summed E-state index contributed by atoms with van der Waals surface area (Å²) in [5.41, 5.74) is 5.70. The summed E-state index contributed by atoms with van der Waals surface area (Å²) < 4.78 is 0. The molecule has 18 heavy (non-hydrogen) atoms. The molecule has 1 aliphatic rings. The molecule has 1 aliphatic carbocycles. The van der Waals surface area contributed by atoms with Crippen LogP contribution in [0.25, 0.3) is 0 Å². The molecular weight excluding hydrogens is 246 g/mol. The lowest BCUT2D eigenvalue weighted by Gasteiger charge is -2.16. The van der Waals surface area contributed by atoms with Gasteiger partial charge in [-0.15, -0.1) is 11.3 Å². The zero-order valence-electron chi connectivity index (χ0n) is 10.8. The van der Waals surface area contributed by atoms with E-state index in [-0.39, 0.29) is 11.8 Å². The van der Waals surface area contributed by atoms with Gasteiger partial charge in [-0.2, -0.15) is 0 Å². The molecule has 4 nitrogen and oxygen atoms in total. The highest BCUT2D eigenvalue weighted by Gasteiger charge is 2.31. The molecule has 1 amide bonds. The van der Waals surface area contributed by atoms with Gasteiger partial charge in [0.2, 0.25) is 5.91 Å². The molecule has 0 bridgehead atoms. The molecule has 2 rings (SSSR count). The minimum Gasteiger partial charge on any atom is -0.349 e. The molecule has 1 aromatic rings. The molecule has 1 saturated carbocycles. The van der Waals surface area contributed by atoms with Crippen LogP contribution < -0.4 is 11.1 Å². The average molecular weight is 267 g/mol. The van der Waals surface area contributed by atoms with Crippen molar-refractivity contribution in [2.24, 2.45) is 17.6 Å². The van der Waals surface area contributed by atoms with Crippen molar-refractivity contribution in [2.45, 2.75) is 39.2 Å². The molecule has 0 aromatic carbocycles. The van der Waals surface area contributed by atoms with Gasteiger partial charge in [-0.05, 0) is 31.7 Å². The lowest BCUT2D eigenvalue weighted by atomic mass is 9.95. The molecule has 2 atom stereocenters. The summed E-state index contributed by atoms with van der Waals surface area (Å²) in [5, 5.41) is 3.98. The number of carbonyl (C=O) groups is 1. The highest BCUT2D eigenvalue weighted by molar-refractivity contribution is 7.11. The predicted molar refractivity (Wildman–Crippen MR) is 73.2 cm³/mol. The number of rotatable bonds is 5. The molecule has 5 heteroatoms. The Labute approximate surface area is 112 Å². The molecular formula is C13H21N3OS. The van der Waals surface area contributed by atoms with Crippen molar-refractivity contribution < 1.29 is 4.79 Å². The van der Waals surface area contributed by atoms with Gasteiger partial charge in [0, 0.05) is 17.0 Å². The van der Waals surface area contributed by atoms with E-state index < -0.39 is 0 Å². The molecule has 0 unspecified atom stereocenters. The Morgan fingerprint density at radius 1 is 1.61 bits per heavy atom. The second-order valence-corrected chi connectivity index (χ2v) is 6.02.